The van der Waals surface area contributed by atoms with Crippen molar-refractivity contribution >= 4 is 51.0 Å². The summed E-state index contributed by atoms with van der Waals surface area (Å²) in [5.74, 6) is -0.805. The van der Waals surface area contributed by atoms with Crippen molar-refractivity contribution in [2.75, 3.05) is 38.8 Å². The van der Waals surface area contributed by atoms with Gasteiger partial charge < -0.3 is 14.4 Å². The van der Waals surface area contributed by atoms with Gasteiger partial charge in [-0.1, -0.05) is 30.3 Å². The molecule has 1 N–H and O–H groups in total. The Hall–Kier alpha value is -5.46. The van der Waals surface area contributed by atoms with Crippen LogP contribution in [0.5, 0.6) is 5.75 Å². The predicted molar refractivity (Wildman–Crippen MR) is 190 cm³/mol. The van der Waals surface area contributed by atoms with Gasteiger partial charge in [0.2, 0.25) is 11.8 Å². The summed E-state index contributed by atoms with van der Waals surface area (Å²) >= 11 is 1.69. The lowest BCUT2D eigenvalue weighted by Crippen LogP contribution is -2.54. The Morgan fingerprint density at radius 3 is 2.40 bits per heavy atom. The molecule has 12 heteroatoms. The Kier molecular flexibility index (Phi) is 9.38. The van der Waals surface area contributed by atoms with Crippen LogP contribution >= 0.6 is 11.3 Å². The number of nitrogens with one attached hydrogen (secondary N) is 1. The first-order chi connectivity index (χ1) is 24.2. The Morgan fingerprint density at radius 2 is 1.64 bits per heavy atom. The number of piperidine rings is 1. The van der Waals surface area contributed by atoms with Crippen LogP contribution in [0.25, 0.3) is 31.9 Å². The van der Waals surface area contributed by atoms with Gasteiger partial charge in [0.1, 0.15) is 29.2 Å². The Labute approximate surface area is 292 Å². The number of nitrogens with zero attached hydrogens (tertiary/aromatic N) is 4. The molecular formula is C38H35N5O6S. The third kappa shape index (κ3) is 6.85. The Morgan fingerprint density at radius 1 is 0.860 bits per heavy atom. The molecule has 0 radical (unpaired) electrons. The molecule has 0 spiro atoms. The third-order valence-electron chi connectivity index (χ3n) is 8.79. The van der Waals surface area contributed by atoms with Crippen molar-refractivity contribution in [3.63, 3.8) is 0 Å². The number of carbonyl (C=O) groups is 4. The summed E-state index contributed by atoms with van der Waals surface area (Å²) in [4.78, 5) is 62.0. The monoisotopic (exact) mass is 689 g/mol. The number of hydrogen-bond acceptors (Lipinski definition) is 10. The average molecular weight is 690 g/mol. The van der Waals surface area contributed by atoms with E-state index in [0.717, 1.165) is 55.5 Å². The standard InChI is InChI=1S/C38H35N5O6S/c1-42(2)33-15-10-26(22-39-33)24-6-8-25(9-7-24)36-40-30-13-5-23(20-32(30)50-36)4-3-17-48-18-19-49-27-11-12-28-29(21-27)38(47)43(37(28)46)31-14-16-34(44)41-35(31)45/h5-13,15,20-22,31H,3-4,14,16-19H2,1-2H3,(H,41,44,45). The number of imide groups is 2. The first-order valence-corrected chi connectivity index (χ1v) is 17.3. The summed E-state index contributed by atoms with van der Waals surface area (Å²) in [5, 5.41) is 3.18. The molecule has 50 heavy (non-hydrogen) atoms. The molecule has 4 amide bonds. The fourth-order valence-electron chi connectivity index (χ4n) is 6.11. The molecule has 7 rings (SSSR count). The van der Waals surface area contributed by atoms with Crippen molar-refractivity contribution in [1.29, 1.82) is 0 Å². The lowest BCUT2D eigenvalue weighted by Gasteiger charge is -2.27. The fraction of sp³-hybridized carbons (Fsp3) is 0.263. The smallest absolute Gasteiger partial charge is 0.262 e. The van der Waals surface area contributed by atoms with Crippen molar-refractivity contribution in [2.24, 2.45) is 0 Å². The molecule has 5 aromatic rings. The number of carbonyl (C=O) groups excluding carboxylic acids is 4. The molecule has 1 saturated heterocycles. The summed E-state index contributed by atoms with van der Waals surface area (Å²) in [5.41, 5.74) is 5.87. The highest BCUT2D eigenvalue weighted by Crippen LogP contribution is 2.33. The fourth-order valence-corrected chi connectivity index (χ4v) is 7.15. The summed E-state index contributed by atoms with van der Waals surface area (Å²) < 4.78 is 12.7. The number of thiazole rings is 1. The third-order valence-corrected chi connectivity index (χ3v) is 9.85. The maximum Gasteiger partial charge on any atom is 0.262 e. The minimum atomic E-state index is -1.00. The second-order valence-corrected chi connectivity index (χ2v) is 13.4. The molecule has 0 saturated carbocycles. The van der Waals surface area contributed by atoms with Crippen molar-refractivity contribution in [2.45, 2.75) is 31.7 Å². The van der Waals surface area contributed by atoms with Crippen molar-refractivity contribution in [3.8, 4) is 27.4 Å². The molecule has 4 heterocycles. The van der Waals surface area contributed by atoms with Crippen LogP contribution in [0, 0.1) is 0 Å². The van der Waals surface area contributed by atoms with Gasteiger partial charge in [-0.3, -0.25) is 29.4 Å². The number of ether oxygens (including phenoxy) is 2. The summed E-state index contributed by atoms with van der Waals surface area (Å²) in [6.45, 7) is 1.20. The molecule has 1 unspecified atom stereocenters. The predicted octanol–water partition coefficient (Wildman–Crippen LogP) is 5.52. The molecule has 0 bridgehead atoms. The first-order valence-electron chi connectivity index (χ1n) is 16.4. The van der Waals surface area contributed by atoms with E-state index in [0.29, 0.717) is 19.0 Å². The molecule has 1 fully saturated rings. The lowest BCUT2D eigenvalue weighted by atomic mass is 10.0. The maximum atomic E-state index is 13.0. The van der Waals surface area contributed by atoms with Crippen LogP contribution in [-0.4, -0.2) is 78.5 Å². The number of benzene rings is 3. The number of anilines is 1. The van der Waals surface area contributed by atoms with E-state index in [2.05, 4.69) is 58.8 Å². The molecule has 254 valence electrons. The van der Waals surface area contributed by atoms with E-state index in [1.54, 1.807) is 17.4 Å². The van der Waals surface area contributed by atoms with E-state index in [1.807, 2.05) is 31.3 Å². The van der Waals surface area contributed by atoms with Gasteiger partial charge in [-0.2, -0.15) is 0 Å². The zero-order valence-corrected chi connectivity index (χ0v) is 28.5. The second kappa shape index (κ2) is 14.2. The van der Waals surface area contributed by atoms with Gasteiger partial charge in [0.15, 0.2) is 0 Å². The van der Waals surface area contributed by atoms with Gasteiger partial charge in [0.05, 0.1) is 28.0 Å². The van der Waals surface area contributed by atoms with E-state index in [-0.39, 0.29) is 30.6 Å². The molecule has 2 aromatic heterocycles. The zero-order chi connectivity index (χ0) is 34.8. The summed E-state index contributed by atoms with van der Waals surface area (Å²) in [6.07, 6.45) is 3.79. The number of pyridine rings is 1. The average Bonchev–Trinajstić information content (AvgIpc) is 3.65. The van der Waals surface area contributed by atoms with Gasteiger partial charge in [0.25, 0.3) is 11.8 Å². The number of amides is 4. The minimum Gasteiger partial charge on any atom is -0.491 e. The Balaban J connectivity index is 0.864. The maximum absolute atomic E-state index is 13.0. The van der Waals surface area contributed by atoms with Crippen molar-refractivity contribution < 1.29 is 28.7 Å². The molecular weight excluding hydrogens is 655 g/mol. The highest BCUT2D eigenvalue weighted by molar-refractivity contribution is 7.21. The van der Waals surface area contributed by atoms with Crippen molar-refractivity contribution in [3.05, 3.63) is 95.7 Å². The van der Waals surface area contributed by atoms with Gasteiger partial charge in [-0.05, 0) is 72.9 Å². The SMILES string of the molecule is CN(C)c1ccc(-c2ccc(-c3nc4ccc(CCCOCCOc5ccc6c(c5)C(=O)N(C5CCC(=O)NC5=O)C6=O)cc4s3)cc2)cn1. The van der Waals surface area contributed by atoms with Gasteiger partial charge >= 0.3 is 0 Å². The number of hydrogen-bond donors (Lipinski definition) is 1. The number of rotatable bonds is 12. The summed E-state index contributed by atoms with van der Waals surface area (Å²) in [6, 6.07) is 22.6. The second-order valence-electron chi connectivity index (χ2n) is 12.4. The van der Waals surface area contributed by atoms with E-state index >= 15 is 0 Å². The molecule has 1 atom stereocenters. The minimum absolute atomic E-state index is 0.0727. The van der Waals surface area contributed by atoms with Crippen LogP contribution in [0.4, 0.5) is 5.82 Å². The van der Waals surface area contributed by atoms with E-state index in [4.69, 9.17) is 14.5 Å². The zero-order valence-electron chi connectivity index (χ0n) is 27.7. The van der Waals surface area contributed by atoms with Crippen LogP contribution in [0.2, 0.25) is 0 Å². The van der Waals surface area contributed by atoms with E-state index in [9.17, 15) is 19.2 Å². The largest absolute Gasteiger partial charge is 0.491 e. The first kappa shape index (κ1) is 33.1. The number of fused-ring (bicyclic) bond motifs is 2. The topological polar surface area (TPSA) is 131 Å². The number of aryl methyl sites for hydroxylation is 1. The molecule has 2 aliphatic heterocycles. The van der Waals surface area contributed by atoms with Crippen LogP contribution < -0.4 is 15.0 Å². The van der Waals surface area contributed by atoms with Gasteiger partial charge in [0, 0.05) is 44.4 Å². The van der Waals surface area contributed by atoms with E-state index in [1.165, 1.54) is 17.7 Å². The van der Waals surface area contributed by atoms with E-state index < -0.39 is 29.7 Å². The van der Waals surface area contributed by atoms with Crippen LogP contribution in [0.1, 0.15) is 45.5 Å². The number of aromatic nitrogens is 2. The van der Waals surface area contributed by atoms with Crippen LogP contribution in [-0.2, 0) is 20.7 Å². The molecule has 3 aromatic carbocycles. The van der Waals surface area contributed by atoms with Gasteiger partial charge in [-0.25, -0.2) is 9.97 Å². The molecule has 2 aliphatic rings. The van der Waals surface area contributed by atoms with Gasteiger partial charge in [-0.15, -0.1) is 11.3 Å². The molecule has 11 nitrogen and oxygen atoms in total. The van der Waals surface area contributed by atoms with Crippen molar-refractivity contribution in [1.82, 2.24) is 20.2 Å². The normalized spacial score (nSPS) is 15.8. The highest BCUT2D eigenvalue weighted by atomic mass is 32.1. The highest BCUT2D eigenvalue weighted by Gasteiger charge is 2.44. The lowest BCUT2D eigenvalue weighted by molar-refractivity contribution is -0.136. The van der Waals surface area contributed by atoms with Crippen LogP contribution in [0.15, 0.2) is 79.0 Å². The molecule has 0 aliphatic carbocycles. The summed E-state index contributed by atoms with van der Waals surface area (Å²) in [7, 11) is 3.96. The quantitative estimate of drug-likeness (QED) is 0.133. The van der Waals surface area contributed by atoms with Crippen LogP contribution in [0.3, 0.4) is 0 Å². The Bertz CT molecular complexity index is 2090.